The summed E-state index contributed by atoms with van der Waals surface area (Å²) in [4.78, 5) is 5.60. The van der Waals surface area contributed by atoms with Crippen LogP contribution in [0.1, 0.15) is 17.8 Å². The second-order valence-electron chi connectivity index (χ2n) is 4.72. The van der Waals surface area contributed by atoms with Gasteiger partial charge in [0.15, 0.2) is 0 Å². The largest absolute Gasteiger partial charge is 0.496 e. The summed E-state index contributed by atoms with van der Waals surface area (Å²) >= 11 is 1.62. The fraction of sp³-hybridized carbons (Fsp3) is 0.188. The third-order valence-electron chi connectivity index (χ3n) is 3.30. The number of benzene rings is 2. The summed E-state index contributed by atoms with van der Waals surface area (Å²) in [5.41, 5.74) is 6.97. The maximum absolute atomic E-state index is 5.93. The van der Waals surface area contributed by atoms with Crippen LogP contribution in [-0.4, -0.2) is 12.1 Å². The van der Waals surface area contributed by atoms with Gasteiger partial charge in [-0.2, -0.15) is 0 Å². The lowest BCUT2D eigenvalue weighted by Gasteiger charge is -2.09. The van der Waals surface area contributed by atoms with Crippen LogP contribution in [0.2, 0.25) is 0 Å². The quantitative estimate of drug-likeness (QED) is 0.791. The second kappa shape index (κ2) is 5.23. The zero-order chi connectivity index (χ0) is 14.1. The van der Waals surface area contributed by atoms with E-state index in [1.807, 2.05) is 31.3 Å². The lowest BCUT2D eigenvalue weighted by atomic mass is 10.0. The number of rotatable bonds is 3. The molecular formula is C16H16N2OS. The van der Waals surface area contributed by atoms with Crippen molar-refractivity contribution >= 4 is 22.1 Å². The number of hydrogen-bond acceptors (Lipinski definition) is 4. The first-order chi connectivity index (χ1) is 9.70. The molecule has 0 aliphatic rings. The van der Waals surface area contributed by atoms with Gasteiger partial charge in [0.05, 0.1) is 12.7 Å². The van der Waals surface area contributed by atoms with E-state index >= 15 is 0 Å². The molecule has 0 aliphatic heterocycles. The molecule has 102 valence electrons. The fourth-order valence-corrected chi connectivity index (χ4v) is 3.19. The Kier molecular flexibility index (Phi) is 3.42. The molecule has 0 saturated heterocycles. The molecule has 0 aliphatic carbocycles. The Morgan fingerprint density at radius 1 is 1.20 bits per heavy atom. The highest BCUT2D eigenvalue weighted by Crippen LogP contribution is 2.39. The summed E-state index contributed by atoms with van der Waals surface area (Å²) in [5.74, 6) is 0.842. The van der Waals surface area contributed by atoms with E-state index in [4.69, 9.17) is 10.5 Å². The van der Waals surface area contributed by atoms with Crippen LogP contribution >= 0.6 is 11.3 Å². The van der Waals surface area contributed by atoms with E-state index in [0.717, 1.165) is 26.6 Å². The Labute approximate surface area is 122 Å². The number of fused-ring (bicyclic) bond motifs is 1. The van der Waals surface area contributed by atoms with Crippen molar-refractivity contribution in [3.8, 4) is 16.3 Å². The third-order valence-corrected chi connectivity index (χ3v) is 4.51. The summed E-state index contributed by atoms with van der Waals surface area (Å²) in [6.45, 7) is 1.97. The molecule has 3 nitrogen and oxygen atoms in total. The monoisotopic (exact) mass is 284 g/mol. The van der Waals surface area contributed by atoms with Gasteiger partial charge in [-0.05, 0) is 23.8 Å². The predicted octanol–water partition coefficient (Wildman–Crippen LogP) is 3.99. The van der Waals surface area contributed by atoms with Crippen LogP contribution in [0.25, 0.3) is 21.3 Å². The minimum Gasteiger partial charge on any atom is -0.496 e. The topological polar surface area (TPSA) is 48.1 Å². The van der Waals surface area contributed by atoms with Crippen molar-refractivity contribution in [2.24, 2.45) is 5.73 Å². The van der Waals surface area contributed by atoms with Crippen molar-refractivity contribution < 1.29 is 4.74 Å². The standard InChI is InChI=1S/C16H16N2OS/c1-10(17)14-9-18-16(20-14)15-12-6-4-3-5-11(12)7-8-13(15)19-2/h3-10H,17H2,1-2H3. The predicted molar refractivity (Wildman–Crippen MR) is 84.2 cm³/mol. The van der Waals surface area contributed by atoms with E-state index in [1.54, 1.807) is 18.4 Å². The van der Waals surface area contributed by atoms with Gasteiger partial charge in [0.25, 0.3) is 0 Å². The van der Waals surface area contributed by atoms with Crippen molar-refractivity contribution in [1.82, 2.24) is 4.98 Å². The number of thiazole rings is 1. The Morgan fingerprint density at radius 2 is 2.00 bits per heavy atom. The van der Waals surface area contributed by atoms with E-state index < -0.39 is 0 Å². The summed E-state index contributed by atoms with van der Waals surface area (Å²) in [7, 11) is 1.69. The first-order valence-corrected chi connectivity index (χ1v) is 7.29. The van der Waals surface area contributed by atoms with Crippen molar-refractivity contribution in [2.45, 2.75) is 13.0 Å². The smallest absolute Gasteiger partial charge is 0.129 e. The number of nitrogens with zero attached hydrogens (tertiary/aromatic N) is 1. The van der Waals surface area contributed by atoms with Gasteiger partial charge in [-0.25, -0.2) is 4.98 Å². The molecule has 0 bridgehead atoms. The fourth-order valence-electron chi connectivity index (χ4n) is 2.25. The maximum Gasteiger partial charge on any atom is 0.129 e. The molecule has 3 aromatic rings. The molecular weight excluding hydrogens is 268 g/mol. The van der Waals surface area contributed by atoms with E-state index in [2.05, 4.69) is 23.2 Å². The first-order valence-electron chi connectivity index (χ1n) is 6.48. The molecule has 1 aromatic heterocycles. The zero-order valence-electron chi connectivity index (χ0n) is 11.5. The number of aromatic nitrogens is 1. The molecule has 1 unspecified atom stereocenters. The van der Waals surface area contributed by atoms with E-state index in [0.29, 0.717) is 0 Å². The average molecular weight is 284 g/mol. The van der Waals surface area contributed by atoms with Crippen LogP contribution in [0.3, 0.4) is 0 Å². The van der Waals surface area contributed by atoms with E-state index in [9.17, 15) is 0 Å². The minimum atomic E-state index is 0.00206. The Hall–Kier alpha value is -1.91. The number of methoxy groups -OCH3 is 1. The van der Waals surface area contributed by atoms with Gasteiger partial charge in [0, 0.05) is 17.1 Å². The first kappa shape index (κ1) is 13.1. The van der Waals surface area contributed by atoms with Gasteiger partial charge in [-0.1, -0.05) is 30.3 Å². The van der Waals surface area contributed by atoms with Gasteiger partial charge in [0.2, 0.25) is 0 Å². The molecule has 0 fully saturated rings. The summed E-state index contributed by atoms with van der Waals surface area (Å²) < 4.78 is 5.51. The Bertz CT molecular complexity index is 749. The van der Waals surface area contributed by atoms with E-state index in [-0.39, 0.29) is 6.04 Å². The highest BCUT2D eigenvalue weighted by molar-refractivity contribution is 7.15. The molecule has 2 aromatic carbocycles. The molecule has 3 rings (SSSR count). The Balaban J connectivity index is 2.26. The maximum atomic E-state index is 5.93. The van der Waals surface area contributed by atoms with Crippen LogP contribution in [0, 0.1) is 0 Å². The summed E-state index contributed by atoms with van der Waals surface area (Å²) in [5, 5.41) is 3.28. The third kappa shape index (κ3) is 2.17. The van der Waals surface area contributed by atoms with Gasteiger partial charge in [-0.3, -0.25) is 0 Å². The van der Waals surface area contributed by atoms with Gasteiger partial charge in [0.1, 0.15) is 10.8 Å². The molecule has 2 N–H and O–H groups in total. The number of hydrogen-bond donors (Lipinski definition) is 1. The molecule has 0 saturated carbocycles. The SMILES string of the molecule is COc1ccc2ccccc2c1-c1ncc(C(C)N)s1. The molecule has 0 radical (unpaired) electrons. The van der Waals surface area contributed by atoms with Gasteiger partial charge in [-0.15, -0.1) is 11.3 Å². The molecule has 0 spiro atoms. The zero-order valence-corrected chi connectivity index (χ0v) is 12.3. The van der Waals surface area contributed by atoms with Crippen molar-refractivity contribution in [3.05, 3.63) is 47.5 Å². The minimum absolute atomic E-state index is 0.00206. The van der Waals surface area contributed by atoms with Crippen molar-refractivity contribution in [2.75, 3.05) is 7.11 Å². The molecule has 20 heavy (non-hydrogen) atoms. The van der Waals surface area contributed by atoms with Crippen LogP contribution in [0.4, 0.5) is 0 Å². The molecule has 4 heteroatoms. The number of ether oxygens (including phenoxy) is 1. The van der Waals surface area contributed by atoms with Crippen LogP contribution in [0.5, 0.6) is 5.75 Å². The van der Waals surface area contributed by atoms with Crippen molar-refractivity contribution in [1.29, 1.82) is 0 Å². The van der Waals surface area contributed by atoms with Crippen LogP contribution in [0.15, 0.2) is 42.6 Å². The lowest BCUT2D eigenvalue weighted by molar-refractivity contribution is 0.417. The Morgan fingerprint density at radius 3 is 2.70 bits per heavy atom. The van der Waals surface area contributed by atoms with E-state index in [1.165, 1.54) is 5.39 Å². The molecule has 1 atom stereocenters. The van der Waals surface area contributed by atoms with Crippen LogP contribution in [-0.2, 0) is 0 Å². The summed E-state index contributed by atoms with van der Waals surface area (Å²) in [6.07, 6.45) is 1.85. The van der Waals surface area contributed by atoms with Gasteiger partial charge < -0.3 is 10.5 Å². The lowest BCUT2D eigenvalue weighted by Crippen LogP contribution is -2.01. The molecule has 1 heterocycles. The molecule has 0 amide bonds. The normalized spacial score (nSPS) is 12.6. The summed E-state index contributed by atoms with van der Waals surface area (Å²) in [6, 6.07) is 12.3. The second-order valence-corrected chi connectivity index (χ2v) is 5.78. The van der Waals surface area contributed by atoms with Crippen molar-refractivity contribution in [3.63, 3.8) is 0 Å². The highest BCUT2D eigenvalue weighted by atomic mass is 32.1. The van der Waals surface area contributed by atoms with Gasteiger partial charge >= 0.3 is 0 Å². The average Bonchev–Trinajstić information content (AvgIpc) is 2.95. The highest BCUT2D eigenvalue weighted by Gasteiger charge is 2.15. The van der Waals surface area contributed by atoms with Crippen LogP contribution < -0.4 is 10.5 Å². The number of nitrogens with two attached hydrogens (primary N) is 1.